The molecule has 0 bridgehead atoms. The van der Waals surface area contributed by atoms with Crippen LogP contribution in [0.15, 0.2) is 48.7 Å². The van der Waals surface area contributed by atoms with E-state index in [0.717, 1.165) is 15.7 Å². The van der Waals surface area contributed by atoms with Crippen molar-refractivity contribution < 1.29 is 27.5 Å². The summed E-state index contributed by atoms with van der Waals surface area (Å²) in [6, 6.07) is 10.2. The van der Waals surface area contributed by atoms with Crippen LogP contribution in [0.25, 0.3) is 11.3 Å². The highest BCUT2D eigenvalue weighted by atomic mass is 127. The van der Waals surface area contributed by atoms with Gasteiger partial charge in [0.1, 0.15) is 5.69 Å². The maximum Gasteiger partial charge on any atom is 0.433 e. The predicted octanol–water partition coefficient (Wildman–Crippen LogP) is 5.11. The molecule has 0 radical (unpaired) electrons. The average molecular weight is 541 g/mol. The van der Waals surface area contributed by atoms with Crippen molar-refractivity contribution in [2.75, 3.05) is 12.4 Å². The predicted molar refractivity (Wildman–Crippen MR) is 116 cm³/mol. The Hall–Kier alpha value is -3.02. The number of rotatable bonds is 4. The molecular formula is C21H15F3IN3O3. The number of benzene rings is 1. The number of aromatic nitrogens is 2. The van der Waals surface area contributed by atoms with E-state index >= 15 is 0 Å². The van der Waals surface area contributed by atoms with E-state index in [1.165, 1.54) is 20.2 Å². The Morgan fingerprint density at radius 1 is 1.10 bits per heavy atom. The van der Waals surface area contributed by atoms with Gasteiger partial charge in [-0.25, -0.2) is 9.78 Å². The molecule has 1 amide bonds. The summed E-state index contributed by atoms with van der Waals surface area (Å²) in [7, 11) is 1.28. The van der Waals surface area contributed by atoms with Gasteiger partial charge in [-0.05, 0) is 72.0 Å². The van der Waals surface area contributed by atoms with E-state index in [1.54, 1.807) is 30.3 Å². The first kappa shape index (κ1) is 22.7. The van der Waals surface area contributed by atoms with Gasteiger partial charge in [0, 0.05) is 21.0 Å². The minimum atomic E-state index is -4.58. The Balaban J connectivity index is 1.85. The Morgan fingerprint density at radius 2 is 1.84 bits per heavy atom. The smallest absolute Gasteiger partial charge is 0.433 e. The van der Waals surface area contributed by atoms with Crippen molar-refractivity contribution in [1.29, 1.82) is 0 Å². The second-order valence-electron chi connectivity index (χ2n) is 6.40. The molecule has 0 atom stereocenters. The fraction of sp³-hybridized carbons (Fsp3) is 0.143. The Bertz CT molecular complexity index is 1150. The van der Waals surface area contributed by atoms with Crippen LogP contribution in [-0.2, 0) is 10.9 Å². The third-order valence-electron chi connectivity index (χ3n) is 4.31. The van der Waals surface area contributed by atoms with E-state index in [9.17, 15) is 22.8 Å². The molecule has 0 saturated carbocycles. The van der Waals surface area contributed by atoms with Crippen molar-refractivity contribution in [2.24, 2.45) is 0 Å². The van der Waals surface area contributed by atoms with Crippen LogP contribution in [0.2, 0.25) is 0 Å². The van der Waals surface area contributed by atoms with Crippen LogP contribution in [0.4, 0.5) is 18.9 Å². The summed E-state index contributed by atoms with van der Waals surface area (Å²) >= 11 is 2.11. The van der Waals surface area contributed by atoms with Gasteiger partial charge in [0.2, 0.25) is 0 Å². The molecule has 6 nitrogen and oxygen atoms in total. The number of pyridine rings is 2. The number of carbonyl (C=O) groups excluding carboxylic acids is 2. The zero-order valence-corrected chi connectivity index (χ0v) is 18.4. The first-order valence-corrected chi connectivity index (χ1v) is 9.88. The number of esters is 1. The quantitative estimate of drug-likeness (QED) is 0.367. The van der Waals surface area contributed by atoms with Gasteiger partial charge in [0.05, 0.1) is 29.6 Å². The lowest BCUT2D eigenvalue weighted by Crippen LogP contribution is -2.16. The minimum absolute atomic E-state index is 0.0295. The van der Waals surface area contributed by atoms with Crippen molar-refractivity contribution >= 4 is 40.2 Å². The Kier molecular flexibility index (Phi) is 6.58. The van der Waals surface area contributed by atoms with Crippen LogP contribution in [0.5, 0.6) is 0 Å². The van der Waals surface area contributed by atoms with Crippen molar-refractivity contribution in [2.45, 2.75) is 13.1 Å². The van der Waals surface area contributed by atoms with Crippen LogP contribution in [-0.4, -0.2) is 29.0 Å². The number of aryl methyl sites for hydroxylation is 1. The molecule has 0 saturated heterocycles. The summed E-state index contributed by atoms with van der Waals surface area (Å²) in [5.41, 5.74) is 0.957. The highest BCUT2D eigenvalue weighted by molar-refractivity contribution is 14.1. The van der Waals surface area contributed by atoms with Gasteiger partial charge in [0.25, 0.3) is 5.91 Å². The summed E-state index contributed by atoms with van der Waals surface area (Å²) in [6.45, 7) is 1.34. The highest BCUT2D eigenvalue weighted by Crippen LogP contribution is 2.29. The molecule has 0 aliphatic rings. The van der Waals surface area contributed by atoms with Crippen molar-refractivity contribution in [1.82, 2.24) is 9.97 Å². The molecule has 1 N–H and O–H groups in total. The lowest BCUT2D eigenvalue weighted by atomic mass is 10.1. The molecule has 10 heteroatoms. The summed E-state index contributed by atoms with van der Waals surface area (Å²) < 4.78 is 43.9. The molecule has 31 heavy (non-hydrogen) atoms. The molecule has 2 aromatic heterocycles. The van der Waals surface area contributed by atoms with Crippen molar-refractivity contribution in [3.8, 4) is 11.3 Å². The van der Waals surface area contributed by atoms with Crippen LogP contribution >= 0.6 is 22.6 Å². The molecule has 0 fully saturated rings. The summed E-state index contributed by atoms with van der Waals surface area (Å²) in [4.78, 5) is 31.9. The van der Waals surface area contributed by atoms with E-state index in [4.69, 9.17) is 0 Å². The zero-order chi connectivity index (χ0) is 22.8. The standard InChI is InChI=1S/C21H15F3IN3O3/c1-11-14(5-8-18(27-11)21(22,23)24)19(29)28-13-4-6-16(25)15(9-13)17-7-3-12(10-26-17)20(30)31-2/h3-10H,1-2H3,(H,28,29). The maximum absolute atomic E-state index is 12.8. The van der Waals surface area contributed by atoms with Gasteiger partial charge in [0.15, 0.2) is 0 Å². The van der Waals surface area contributed by atoms with Gasteiger partial charge >= 0.3 is 12.1 Å². The molecule has 0 aliphatic heterocycles. The summed E-state index contributed by atoms with van der Waals surface area (Å²) in [5, 5.41) is 2.67. The highest BCUT2D eigenvalue weighted by Gasteiger charge is 2.33. The van der Waals surface area contributed by atoms with E-state index in [0.29, 0.717) is 22.5 Å². The van der Waals surface area contributed by atoms with Gasteiger partial charge in [-0.2, -0.15) is 13.2 Å². The number of ether oxygens (including phenoxy) is 1. The van der Waals surface area contributed by atoms with E-state index < -0.39 is 23.7 Å². The number of nitrogens with zero attached hydrogens (tertiary/aromatic N) is 2. The number of nitrogens with one attached hydrogen (secondary N) is 1. The molecule has 3 rings (SSSR count). The van der Waals surface area contributed by atoms with E-state index in [-0.39, 0.29) is 11.3 Å². The number of hydrogen-bond donors (Lipinski definition) is 1. The second-order valence-corrected chi connectivity index (χ2v) is 7.56. The second kappa shape index (κ2) is 9.00. The van der Waals surface area contributed by atoms with Crippen molar-refractivity contribution in [3.05, 3.63) is 74.7 Å². The van der Waals surface area contributed by atoms with Gasteiger partial charge in [-0.3, -0.25) is 9.78 Å². The molecular weight excluding hydrogens is 526 g/mol. The molecule has 1 aromatic carbocycles. The van der Waals surface area contributed by atoms with Crippen LogP contribution in [0, 0.1) is 10.5 Å². The van der Waals surface area contributed by atoms with E-state index in [1.807, 2.05) is 0 Å². The number of hydrogen-bond acceptors (Lipinski definition) is 5. The van der Waals surface area contributed by atoms with Crippen LogP contribution in [0.3, 0.4) is 0 Å². The number of halogens is 4. The molecule has 160 valence electrons. The fourth-order valence-electron chi connectivity index (χ4n) is 2.75. The molecule has 0 aliphatic carbocycles. The maximum atomic E-state index is 12.8. The summed E-state index contributed by atoms with van der Waals surface area (Å²) in [5.74, 6) is -1.09. The summed E-state index contributed by atoms with van der Waals surface area (Å²) in [6.07, 6.45) is -3.19. The number of alkyl halides is 3. The molecule has 0 unspecified atom stereocenters. The normalized spacial score (nSPS) is 11.2. The minimum Gasteiger partial charge on any atom is -0.465 e. The molecule has 0 spiro atoms. The first-order chi connectivity index (χ1) is 14.6. The fourth-order valence-corrected chi connectivity index (χ4v) is 3.36. The van der Waals surface area contributed by atoms with Gasteiger partial charge in [-0.15, -0.1) is 0 Å². The molecule has 2 heterocycles. The van der Waals surface area contributed by atoms with Gasteiger partial charge in [-0.1, -0.05) is 0 Å². The Morgan fingerprint density at radius 3 is 2.42 bits per heavy atom. The van der Waals surface area contributed by atoms with E-state index in [2.05, 4.69) is 42.6 Å². The molecule has 3 aromatic rings. The lowest BCUT2D eigenvalue weighted by molar-refractivity contribution is -0.141. The monoisotopic (exact) mass is 541 g/mol. The average Bonchev–Trinajstić information content (AvgIpc) is 2.73. The third-order valence-corrected chi connectivity index (χ3v) is 5.25. The number of methoxy groups -OCH3 is 1. The zero-order valence-electron chi connectivity index (χ0n) is 16.2. The number of amides is 1. The largest absolute Gasteiger partial charge is 0.465 e. The first-order valence-electron chi connectivity index (χ1n) is 8.80. The third kappa shape index (κ3) is 5.19. The number of carbonyl (C=O) groups is 2. The van der Waals surface area contributed by atoms with Crippen LogP contribution in [0.1, 0.15) is 32.1 Å². The topological polar surface area (TPSA) is 81.2 Å². The lowest BCUT2D eigenvalue weighted by Gasteiger charge is -2.12. The van der Waals surface area contributed by atoms with Crippen LogP contribution < -0.4 is 5.32 Å². The number of anilines is 1. The van der Waals surface area contributed by atoms with Crippen molar-refractivity contribution in [3.63, 3.8) is 0 Å². The van der Waals surface area contributed by atoms with Gasteiger partial charge < -0.3 is 10.1 Å². The SMILES string of the molecule is COC(=O)c1ccc(-c2cc(NC(=O)c3ccc(C(F)(F)F)nc3C)ccc2I)nc1. The Labute approximate surface area is 189 Å².